The summed E-state index contributed by atoms with van der Waals surface area (Å²) in [5, 5.41) is 9.51. The van der Waals surface area contributed by atoms with Crippen molar-refractivity contribution < 1.29 is 0 Å². The molecule has 0 aliphatic heterocycles. The minimum atomic E-state index is 0.953. The molecule has 0 atom stereocenters. The predicted molar refractivity (Wildman–Crippen MR) is 74.5 cm³/mol. The van der Waals surface area contributed by atoms with Crippen LogP contribution in [0.2, 0.25) is 0 Å². The average molecular weight is 215 g/mol. The van der Waals surface area contributed by atoms with Crippen LogP contribution in [0.25, 0.3) is 10.8 Å². The molecule has 86 valence electrons. The molecule has 0 fully saturated rings. The Kier molecular flexibility index (Phi) is 7.78. The molecule has 2 aromatic carbocycles. The lowest BCUT2D eigenvalue weighted by Gasteiger charge is -1.97. The summed E-state index contributed by atoms with van der Waals surface area (Å²) in [4.78, 5) is 0. The van der Waals surface area contributed by atoms with E-state index in [4.69, 9.17) is 5.41 Å². The van der Waals surface area contributed by atoms with Gasteiger partial charge in [-0.15, -0.1) is 0 Å². The Bertz CT molecular complexity index is 418. The van der Waals surface area contributed by atoms with Crippen LogP contribution < -0.4 is 0 Å². The van der Waals surface area contributed by atoms with Crippen molar-refractivity contribution in [3.05, 3.63) is 48.0 Å². The quantitative estimate of drug-likeness (QED) is 0.655. The maximum absolute atomic E-state index is 7.09. The van der Waals surface area contributed by atoms with Gasteiger partial charge in [-0.2, -0.15) is 0 Å². The number of hydrogen-bond acceptors (Lipinski definition) is 1. The predicted octanol–water partition coefficient (Wildman–Crippen LogP) is 4.89. The third-order valence-electron chi connectivity index (χ3n) is 1.94. The van der Waals surface area contributed by atoms with E-state index in [0.29, 0.717) is 0 Å². The molecular formula is C15H21N. The lowest BCUT2D eigenvalue weighted by atomic mass is 10.1. The molecule has 1 N–H and O–H groups in total. The van der Waals surface area contributed by atoms with Gasteiger partial charge in [-0.05, 0) is 22.4 Å². The largest absolute Gasteiger partial charge is 0.308 e. The molecule has 0 amide bonds. The van der Waals surface area contributed by atoms with E-state index in [1.807, 2.05) is 58.0 Å². The normalized spacial score (nSPS) is 8.25. The number of nitrogens with one attached hydrogen (secondary N) is 1. The third kappa shape index (κ3) is 3.85. The molecule has 1 nitrogen and oxygen atoms in total. The topological polar surface area (TPSA) is 23.9 Å². The minimum absolute atomic E-state index is 0.953. The van der Waals surface area contributed by atoms with Crippen LogP contribution in [0.4, 0.5) is 0 Å². The summed E-state index contributed by atoms with van der Waals surface area (Å²) in [5.74, 6) is 0. The van der Waals surface area contributed by atoms with Gasteiger partial charge in [-0.1, -0.05) is 64.1 Å². The smallest absolute Gasteiger partial charge is 0.0250 e. The van der Waals surface area contributed by atoms with Crippen molar-refractivity contribution in [2.75, 3.05) is 0 Å². The maximum atomic E-state index is 7.09. The van der Waals surface area contributed by atoms with E-state index in [9.17, 15) is 0 Å². The molecule has 0 saturated carbocycles. The highest BCUT2D eigenvalue weighted by atomic mass is 14.3. The summed E-state index contributed by atoms with van der Waals surface area (Å²) in [6.07, 6.45) is 1.37. The zero-order chi connectivity index (χ0) is 12.4. The Labute approximate surface area is 98.6 Å². The van der Waals surface area contributed by atoms with Gasteiger partial charge in [-0.3, -0.25) is 0 Å². The van der Waals surface area contributed by atoms with Gasteiger partial charge in [0.25, 0.3) is 0 Å². The number of hydrogen-bond donors (Lipinski definition) is 1. The minimum Gasteiger partial charge on any atom is -0.308 e. The first-order valence-corrected chi connectivity index (χ1v) is 5.89. The van der Waals surface area contributed by atoms with Crippen molar-refractivity contribution in [1.82, 2.24) is 0 Å². The van der Waals surface area contributed by atoms with E-state index in [-0.39, 0.29) is 0 Å². The van der Waals surface area contributed by atoms with Crippen molar-refractivity contribution >= 4 is 17.0 Å². The fraction of sp³-hybridized carbons (Fsp3) is 0.267. The monoisotopic (exact) mass is 215 g/mol. The molecule has 2 rings (SSSR count). The molecule has 1 heteroatoms. The van der Waals surface area contributed by atoms with Crippen LogP contribution in [0.1, 0.15) is 33.3 Å². The first-order chi connectivity index (χ1) is 7.90. The lowest BCUT2D eigenvalue weighted by molar-refractivity contribution is 1.50. The fourth-order valence-electron chi connectivity index (χ4n) is 1.30. The van der Waals surface area contributed by atoms with Crippen LogP contribution in [0.3, 0.4) is 0 Å². The van der Waals surface area contributed by atoms with E-state index in [1.54, 1.807) is 0 Å². The van der Waals surface area contributed by atoms with Crippen LogP contribution in [0.5, 0.6) is 0 Å². The first-order valence-electron chi connectivity index (χ1n) is 5.89. The second-order valence-corrected chi connectivity index (χ2v) is 2.75. The molecule has 0 spiro atoms. The highest BCUT2D eigenvalue weighted by molar-refractivity contribution is 5.89. The zero-order valence-corrected chi connectivity index (χ0v) is 10.6. The van der Waals surface area contributed by atoms with E-state index < -0.39 is 0 Å². The molecule has 0 aliphatic rings. The van der Waals surface area contributed by atoms with Crippen molar-refractivity contribution in [2.45, 2.75) is 27.7 Å². The van der Waals surface area contributed by atoms with Crippen LogP contribution in [-0.2, 0) is 0 Å². The van der Waals surface area contributed by atoms with Crippen molar-refractivity contribution in [3.8, 4) is 0 Å². The average Bonchev–Trinajstić information content (AvgIpc) is 2.42. The van der Waals surface area contributed by atoms with Gasteiger partial charge in [-0.25, -0.2) is 0 Å². The standard InChI is InChI=1S/C11H9N.2C2H6/c12-8-9-5-6-10-3-1-2-4-11(10)7-9;2*1-2/h1-8,12H;2*1-2H3. The molecule has 0 aromatic heterocycles. The van der Waals surface area contributed by atoms with E-state index in [1.165, 1.54) is 17.0 Å². The van der Waals surface area contributed by atoms with Crippen molar-refractivity contribution in [3.63, 3.8) is 0 Å². The summed E-state index contributed by atoms with van der Waals surface area (Å²) in [6.45, 7) is 8.00. The Morgan fingerprint density at radius 2 is 1.38 bits per heavy atom. The van der Waals surface area contributed by atoms with Crippen LogP contribution in [-0.4, -0.2) is 6.21 Å². The fourth-order valence-corrected chi connectivity index (χ4v) is 1.30. The van der Waals surface area contributed by atoms with Crippen LogP contribution in [0.15, 0.2) is 42.5 Å². The van der Waals surface area contributed by atoms with Gasteiger partial charge < -0.3 is 5.41 Å². The lowest BCUT2D eigenvalue weighted by Crippen LogP contribution is -1.78. The Hall–Kier alpha value is -1.63. The summed E-state index contributed by atoms with van der Waals surface area (Å²) < 4.78 is 0. The van der Waals surface area contributed by atoms with Gasteiger partial charge in [0, 0.05) is 6.21 Å². The summed E-state index contributed by atoms with van der Waals surface area (Å²) >= 11 is 0. The van der Waals surface area contributed by atoms with Crippen molar-refractivity contribution in [2.24, 2.45) is 0 Å². The molecule has 0 unspecified atom stereocenters. The molecular weight excluding hydrogens is 194 g/mol. The second-order valence-electron chi connectivity index (χ2n) is 2.75. The first kappa shape index (κ1) is 14.4. The van der Waals surface area contributed by atoms with Crippen LogP contribution >= 0.6 is 0 Å². The molecule has 2 aromatic rings. The maximum Gasteiger partial charge on any atom is 0.0250 e. The van der Waals surface area contributed by atoms with Crippen LogP contribution in [0, 0.1) is 5.41 Å². The summed E-state index contributed by atoms with van der Waals surface area (Å²) in [7, 11) is 0. The zero-order valence-electron chi connectivity index (χ0n) is 10.6. The number of benzene rings is 2. The highest BCUT2D eigenvalue weighted by Gasteiger charge is 1.91. The SMILES string of the molecule is CC.CC.N=Cc1ccc2ccccc2c1. The Morgan fingerprint density at radius 1 is 0.812 bits per heavy atom. The molecule has 0 bridgehead atoms. The van der Waals surface area contributed by atoms with E-state index in [0.717, 1.165) is 5.56 Å². The van der Waals surface area contributed by atoms with E-state index in [2.05, 4.69) is 12.1 Å². The number of fused-ring (bicyclic) bond motifs is 1. The van der Waals surface area contributed by atoms with Gasteiger partial charge in [0.2, 0.25) is 0 Å². The summed E-state index contributed by atoms with van der Waals surface area (Å²) in [5.41, 5.74) is 0.953. The Balaban J connectivity index is 0.000000509. The van der Waals surface area contributed by atoms with Gasteiger partial charge in [0.15, 0.2) is 0 Å². The van der Waals surface area contributed by atoms with Gasteiger partial charge in [0.1, 0.15) is 0 Å². The molecule has 0 saturated heterocycles. The number of rotatable bonds is 1. The third-order valence-corrected chi connectivity index (χ3v) is 1.94. The van der Waals surface area contributed by atoms with Gasteiger partial charge in [0.05, 0.1) is 0 Å². The highest BCUT2D eigenvalue weighted by Crippen LogP contribution is 2.14. The Morgan fingerprint density at radius 3 is 1.94 bits per heavy atom. The van der Waals surface area contributed by atoms with Gasteiger partial charge >= 0.3 is 0 Å². The van der Waals surface area contributed by atoms with Crippen molar-refractivity contribution in [1.29, 1.82) is 5.41 Å². The second kappa shape index (κ2) is 8.66. The van der Waals surface area contributed by atoms with E-state index >= 15 is 0 Å². The molecule has 0 aliphatic carbocycles. The molecule has 0 heterocycles. The molecule has 16 heavy (non-hydrogen) atoms. The summed E-state index contributed by atoms with van der Waals surface area (Å²) in [6, 6.07) is 14.2. The molecule has 0 radical (unpaired) electrons.